The van der Waals surface area contributed by atoms with Gasteiger partial charge in [0.25, 0.3) is 0 Å². The first-order valence-corrected chi connectivity index (χ1v) is 6.35. The summed E-state index contributed by atoms with van der Waals surface area (Å²) in [5.74, 6) is -0.291. The molecular weight excluding hydrogens is 232 g/mol. The Morgan fingerprint density at radius 2 is 2.33 bits per heavy atom. The molecule has 6 heteroatoms. The van der Waals surface area contributed by atoms with Crippen LogP contribution in [0.2, 0.25) is 0 Å². The zero-order chi connectivity index (χ0) is 13.0. The van der Waals surface area contributed by atoms with Gasteiger partial charge in [-0.2, -0.15) is 5.10 Å². The van der Waals surface area contributed by atoms with E-state index in [1.165, 1.54) is 0 Å². The molecule has 0 aliphatic carbocycles. The number of nitrogens with two attached hydrogens (primary N) is 1. The predicted octanol–water partition coefficient (Wildman–Crippen LogP) is -0.416. The fourth-order valence-corrected chi connectivity index (χ4v) is 2.48. The van der Waals surface area contributed by atoms with Crippen molar-refractivity contribution in [2.45, 2.75) is 38.0 Å². The molecule has 0 aromatic carbocycles. The molecule has 0 radical (unpaired) electrons. The number of primary amides is 1. The summed E-state index contributed by atoms with van der Waals surface area (Å²) < 4.78 is 1.69. The molecule has 1 amide bonds. The first kappa shape index (κ1) is 13.0. The largest absolute Gasteiger partial charge is 0.390 e. The van der Waals surface area contributed by atoms with Gasteiger partial charge in [0.2, 0.25) is 5.91 Å². The number of carbonyl (C=O) groups excluding carboxylic acids is 1. The normalized spacial score (nSPS) is 22.8. The van der Waals surface area contributed by atoms with Crippen LogP contribution in [0.4, 0.5) is 0 Å². The number of aliphatic hydroxyl groups is 1. The maximum Gasteiger partial charge on any atom is 0.234 e. The van der Waals surface area contributed by atoms with Crippen molar-refractivity contribution in [2.75, 3.05) is 13.1 Å². The molecule has 2 atom stereocenters. The molecule has 2 heterocycles. The number of aromatic nitrogens is 2. The van der Waals surface area contributed by atoms with Crippen LogP contribution in [-0.2, 0) is 11.3 Å². The summed E-state index contributed by atoms with van der Waals surface area (Å²) in [6, 6.07) is 1.59. The summed E-state index contributed by atoms with van der Waals surface area (Å²) in [4.78, 5) is 13.3. The summed E-state index contributed by atoms with van der Waals surface area (Å²) in [5.41, 5.74) is 5.39. The number of rotatable bonds is 5. The van der Waals surface area contributed by atoms with E-state index in [2.05, 4.69) is 5.10 Å². The second kappa shape index (κ2) is 5.97. The summed E-state index contributed by atoms with van der Waals surface area (Å²) in [5, 5.41) is 14.1. The molecule has 1 aromatic heterocycles. The van der Waals surface area contributed by atoms with Gasteiger partial charge in [0.1, 0.15) is 0 Å². The van der Waals surface area contributed by atoms with Crippen molar-refractivity contribution < 1.29 is 9.90 Å². The van der Waals surface area contributed by atoms with E-state index in [1.54, 1.807) is 10.9 Å². The number of likely N-dealkylation sites (tertiary alicyclic amines) is 1. The van der Waals surface area contributed by atoms with Crippen LogP contribution in [0.15, 0.2) is 18.5 Å². The molecule has 100 valence electrons. The summed E-state index contributed by atoms with van der Waals surface area (Å²) in [6.45, 7) is 1.73. The minimum absolute atomic E-state index is 0.231. The molecular formula is C12H20N4O2. The number of nitrogens with zero attached hydrogens (tertiary/aromatic N) is 3. The van der Waals surface area contributed by atoms with Gasteiger partial charge in [0.05, 0.1) is 18.7 Å². The van der Waals surface area contributed by atoms with E-state index in [0.717, 1.165) is 25.8 Å². The quantitative estimate of drug-likeness (QED) is 0.745. The van der Waals surface area contributed by atoms with E-state index in [-0.39, 0.29) is 11.9 Å². The number of hydrogen-bond acceptors (Lipinski definition) is 4. The lowest BCUT2D eigenvalue weighted by Crippen LogP contribution is -2.50. The summed E-state index contributed by atoms with van der Waals surface area (Å²) >= 11 is 0. The third-order valence-electron chi connectivity index (χ3n) is 3.34. The van der Waals surface area contributed by atoms with Gasteiger partial charge < -0.3 is 10.8 Å². The van der Waals surface area contributed by atoms with Crippen LogP contribution in [0, 0.1) is 0 Å². The average Bonchev–Trinajstić information content (AvgIpc) is 2.82. The molecule has 1 saturated heterocycles. The fraction of sp³-hybridized carbons (Fsp3) is 0.667. The van der Waals surface area contributed by atoms with Crippen molar-refractivity contribution in [3.05, 3.63) is 18.5 Å². The van der Waals surface area contributed by atoms with Gasteiger partial charge in [-0.1, -0.05) is 6.42 Å². The lowest BCUT2D eigenvalue weighted by Gasteiger charge is -2.34. The number of piperidine rings is 1. The molecule has 1 aliphatic rings. The van der Waals surface area contributed by atoms with Crippen molar-refractivity contribution >= 4 is 5.91 Å². The van der Waals surface area contributed by atoms with Crippen LogP contribution < -0.4 is 5.73 Å². The molecule has 1 aliphatic heterocycles. The van der Waals surface area contributed by atoms with Crippen LogP contribution in [-0.4, -0.2) is 50.9 Å². The molecule has 6 nitrogen and oxygen atoms in total. The highest BCUT2D eigenvalue weighted by Gasteiger charge is 2.28. The monoisotopic (exact) mass is 252 g/mol. The van der Waals surface area contributed by atoms with Crippen LogP contribution in [0.3, 0.4) is 0 Å². The molecule has 0 unspecified atom stereocenters. The van der Waals surface area contributed by atoms with Gasteiger partial charge in [0, 0.05) is 18.9 Å². The van der Waals surface area contributed by atoms with Crippen LogP contribution in [0.5, 0.6) is 0 Å². The standard InChI is InChI=1S/C12H20N4O2/c13-12(18)11-4-1-2-6-15(11)8-10(17)9-16-7-3-5-14-16/h3,5,7,10-11,17H,1-2,4,6,8-9H2,(H2,13,18)/t10-,11-/m1/s1. The fourth-order valence-electron chi connectivity index (χ4n) is 2.48. The lowest BCUT2D eigenvalue weighted by molar-refractivity contribution is -0.125. The van der Waals surface area contributed by atoms with E-state index in [4.69, 9.17) is 5.73 Å². The first-order chi connectivity index (χ1) is 8.66. The van der Waals surface area contributed by atoms with Crippen molar-refractivity contribution in [1.29, 1.82) is 0 Å². The van der Waals surface area contributed by atoms with Gasteiger partial charge in [-0.15, -0.1) is 0 Å². The zero-order valence-electron chi connectivity index (χ0n) is 10.4. The Balaban J connectivity index is 1.88. The topological polar surface area (TPSA) is 84.4 Å². The van der Waals surface area contributed by atoms with Crippen molar-refractivity contribution in [2.24, 2.45) is 5.73 Å². The van der Waals surface area contributed by atoms with Crippen LogP contribution >= 0.6 is 0 Å². The number of hydrogen-bond donors (Lipinski definition) is 2. The molecule has 18 heavy (non-hydrogen) atoms. The third-order valence-corrected chi connectivity index (χ3v) is 3.34. The third kappa shape index (κ3) is 3.30. The van der Waals surface area contributed by atoms with Gasteiger partial charge in [-0.3, -0.25) is 14.4 Å². The van der Waals surface area contributed by atoms with E-state index < -0.39 is 6.10 Å². The highest BCUT2D eigenvalue weighted by atomic mass is 16.3. The minimum atomic E-state index is -0.537. The van der Waals surface area contributed by atoms with Gasteiger partial charge in [0.15, 0.2) is 0 Å². The Bertz CT molecular complexity index is 379. The molecule has 0 bridgehead atoms. The van der Waals surface area contributed by atoms with E-state index >= 15 is 0 Å². The zero-order valence-corrected chi connectivity index (χ0v) is 10.4. The number of β-amino-alcohol motifs (C(OH)–C–C–N with tert-alkyl or cyclic N) is 1. The molecule has 0 spiro atoms. The maximum absolute atomic E-state index is 11.3. The molecule has 1 aromatic rings. The second-order valence-corrected chi connectivity index (χ2v) is 4.79. The molecule has 2 rings (SSSR count). The van der Waals surface area contributed by atoms with Crippen molar-refractivity contribution in [3.8, 4) is 0 Å². The Morgan fingerprint density at radius 1 is 1.50 bits per heavy atom. The highest BCUT2D eigenvalue weighted by molar-refractivity contribution is 5.79. The van der Waals surface area contributed by atoms with Crippen molar-refractivity contribution in [3.63, 3.8) is 0 Å². The minimum Gasteiger partial charge on any atom is -0.390 e. The smallest absolute Gasteiger partial charge is 0.234 e. The lowest BCUT2D eigenvalue weighted by atomic mass is 10.0. The molecule has 0 saturated carbocycles. The number of amides is 1. The van der Waals surface area contributed by atoms with Gasteiger partial charge in [-0.05, 0) is 25.5 Å². The predicted molar refractivity (Wildman–Crippen MR) is 66.6 cm³/mol. The van der Waals surface area contributed by atoms with Gasteiger partial charge in [-0.25, -0.2) is 0 Å². The van der Waals surface area contributed by atoms with E-state index in [0.29, 0.717) is 13.1 Å². The van der Waals surface area contributed by atoms with Crippen LogP contribution in [0.1, 0.15) is 19.3 Å². The highest BCUT2D eigenvalue weighted by Crippen LogP contribution is 2.17. The Morgan fingerprint density at radius 3 is 3.00 bits per heavy atom. The maximum atomic E-state index is 11.3. The Labute approximate surface area is 106 Å². The van der Waals surface area contributed by atoms with Crippen LogP contribution in [0.25, 0.3) is 0 Å². The second-order valence-electron chi connectivity index (χ2n) is 4.79. The molecule has 3 N–H and O–H groups in total. The van der Waals surface area contributed by atoms with Crippen molar-refractivity contribution in [1.82, 2.24) is 14.7 Å². The number of aliphatic hydroxyl groups excluding tert-OH is 1. The average molecular weight is 252 g/mol. The SMILES string of the molecule is NC(=O)[C@H]1CCCCN1C[C@@H](O)Cn1cccn1. The molecule has 1 fully saturated rings. The van der Waals surface area contributed by atoms with Gasteiger partial charge >= 0.3 is 0 Å². The Kier molecular flexibility index (Phi) is 4.33. The number of carbonyl (C=O) groups is 1. The first-order valence-electron chi connectivity index (χ1n) is 6.35. The van der Waals surface area contributed by atoms with E-state index in [1.807, 2.05) is 17.2 Å². The Hall–Kier alpha value is -1.40. The summed E-state index contributed by atoms with van der Waals surface area (Å²) in [7, 11) is 0. The van der Waals surface area contributed by atoms with E-state index in [9.17, 15) is 9.90 Å². The summed E-state index contributed by atoms with van der Waals surface area (Å²) in [6.07, 6.45) is 5.83.